The van der Waals surface area contributed by atoms with Crippen molar-refractivity contribution in [2.45, 2.75) is 44.2 Å². The minimum atomic E-state index is -0.0000188. The fourth-order valence-electron chi connectivity index (χ4n) is 3.70. The molecule has 0 bridgehead atoms. The van der Waals surface area contributed by atoms with E-state index in [1.54, 1.807) is 20.4 Å². The molecule has 2 N–H and O–H groups in total. The van der Waals surface area contributed by atoms with Crippen LogP contribution in [-0.4, -0.2) is 56.3 Å². The molecule has 1 heterocycles. The minimum absolute atomic E-state index is 0.0000188. The number of hydrogen-bond donors (Lipinski definition) is 2. The van der Waals surface area contributed by atoms with Crippen LogP contribution >= 0.6 is 0 Å². The highest BCUT2D eigenvalue weighted by Crippen LogP contribution is 2.25. The van der Waals surface area contributed by atoms with Crippen molar-refractivity contribution in [3.63, 3.8) is 0 Å². The lowest BCUT2D eigenvalue weighted by molar-refractivity contribution is -0.121. The van der Waals surface area contributed by atoms with E-state index in [0.717, 1.165) is 37.1 Å². The molecular weight excluding hydrogens is 382 g/mol. The van der Waals surface area contributed by atoms with E-state index in [1.165, 1.54) is 0 Å². The largest absolute Gasteiger partial charge is 0.497 e. The SMILES string of the molecule is COc1ccc(OC)c(CC(=O)NC2CCC(Nc3nccc(N(C)C)n3)CC2)c1. The van der Waals surface area contributed by atoms with Gasteiger partial charge in [-0.2, -0.15) is 4.98 Å². The lowest BCUT2D eigenvalue weighted by Gasteiger charge is -2.30. The number of carbonyl (C=O) groups excluding carboxylic acids is 1. The number of nitrogens with zero attached hydrogens (tertiary/aromatic N) is 3. The zero-order valence-corrected chi connectivity index (χ0v) is 18.1. The van der Waals surface area contributed by atoms with E-state index in [9.17, 15) is 4.79 Å². The van der Waals surface area contributed by atoms with Gasteiger partial charge in [-0.15, -0.1) is 0 Å². The predicted octanol–water partition coefficient (Wildman–Crippen LogP) is 2.64. The number of benzene rings is 1. The van der Waals surface area contributed by atoms with Crippen LogP contribution in [0, 0.1) is 0 Å². The van der Waals surface area contributed by atoms with Crippen LogP contribution in [0.1, 0.15) is 31.2 Å². The molecule has 2 aromatic rings. The molecular formula is C22H31N5O3. The first-order valence-electron chi connectivity index (χ1n) is 10.3. The number of carbonyl (C=O) groups is 1. The highest BCUT2D eigenvalue weighted by atomic mass is 16.5. The highest BCUT2D eigenvalue weighted by molar-refractivity contribution is 5.79. The van der Waals surface area contributed by atoms with Crippen LogP contribution in [0.3, 0.4) is 0 Å². The molecule has 8 heteroatoms. The number of nitrogens with one attached hydrogen (secondary N) is 2. The summed E-state index contributed by atoms with van der Waals surface area (Å²) < 4.78 is 10.6. The van der Waals surface area contributed by atoms with E-state index in [0.29, 0.717) is 23.5 Å². The summed E-state index contributed by atoms with van der Waals surface area (Å²) in [6, 6.07) is 7.88. The van der Waals surface area contributed by atoms with Crippen molar-refractivity contribution in [1.82, 2.24) is 15.3 Å². The Morgan fingerprint density at radius 1 is 1.10 bits per heavy atom. The van der Waals surface area contributed by atoms with Crippen LogP contribution in [0.5, 0.6) is 11.5 Å². The van der Waals surface area contributed by atoms with Crippen molar-refractivity contribution in [3.05, 3.63) is 36.0 Å². The van der Waals surface area contributed by atoms with Gasteiger partial charge in [0.1, 0.15) is 17.3 Å². The Morgan fingerprint density at radius 2 is 1.83 bits per heavy atom. The first-order chi connectivity index (χ1) is 14.5. The first kappa shape index (κ1) is 21.7. The molecule has 0 radical (unpaired) electrons. The first-order valence-corrected chi connectivity index (χ1v) is 10.3. The highest BCUT2D eigenvalue weighted by Gasteiger charge is 2.23. The van der Waals surface area contributed by atoms with Gasteiger partial charge in [0, 0.05) is 37.9 Å². The van der Waals surface area contributed by atoms with Gasteiger partial charge in [0.15, 0.2) is 0 Å². The molecule has 1 amide bonds. The average molecular weight is 414 g/mol. The topological polar surface area (TPSA) is 88.6 Å². The van der Waals surface area contributed by atoms with Crippen LogP contribution < -0.4 is 25.0 Å². The number of aromatic nitrogens is 2. The number of methoxy groups -OCH3 is 2. The molecule has 0 atom stereocenters. The molecule has 0 spiro atoms. The van der Waals surface area contributed by atoms with E-state index in [-0.39, 0.29) is 18.4 Å². The van der Waals surface area contributed by atoms with Crippen molar-refractivity contribution < 1.29 is 14.3 Å². The summed E-state index contributed by atoms with van der Waals surface area (Å²) in [4.78, 5) is 23.4. The summed E-state index contributed by atoms with van der Waals surface area (Å²) in [5.41, 5.74) is 0.822. The van der Waals surface area contributed by atoms with Gasteiger partial charge in [0.05, 0.1) is 20.6 Å². The van der Waals surface area contributed by atoms with E-state index in [1.807, 2.05) is 43.3 Å². The maximum Gasteiger partial charge on any atom is 0.224 e. The standard InChI is InChI=1S/C22H31N5O3/c1-27(2)20-11-12-23-22(26-20)25-17-7-5-16(6-8-17)24-21(28)14-15-13-18(29-3)9-10-19(15)30-4/h9-13,16-17H,5-8,14H2,1-4H3,(H,24,28)(H,23,25,26). The molecule has 8 nitrogen and oxygen atoms in total. The second-order valence-electron chi connectivity index (χ2n) is 7.75. The van der Waals surface area contributed by atoms with Crippen LogP contribution in [0.2, 0.25) is 0 Å². The lowest BCUT2D eigenvalue weighted by Crippen LogP contribution is -2.41. The number of ether oxygens (including phenoxy) is 2. The Bertz CT molecular complexity index is 850. The fourth-order valence-corrected chi connectivity index (χ4v) is 3.70. The summed E-state index contributed by atoms with van der Waals surface area (Å²) in [7, 11) is 7.14. The second-order valence-corrected chi connectivity index (χ2v) is 7.75. The number of amides is 1. The van der Waals surface area contributed by atoms with Crippen LogP contribution in [0.15, 0.2) is 30.5 Å². The number of hydrogen-bond acceptors (Lipinski definition) is 7. The summed E-state index contributed by atoms with van der Waals surface area (Å²) in [6.07, 6.45) is 5.80. The minimum Gasteiger partial charge on any atom is -0.497 e. The zero-order chi connectivity index (χ0) is 21.5. The van der Waals surface area contributed by atoms with Gasteiger partial charge in [0.2, 0.25) is 11.9 Å². The van der Waals surface area contributed by atoms with E-state index in [2.05, 4.69) is 20.6 Å². The molecule has 1 aliphatic carbocycles. The molecule has 1 fully saturated rings. The van der Waals surface area contributed by atoms with Gasteiger partial charge in [-0.1, -0.05) is 0 Å². The normalized spacial score (nSPS) is 18.4. The zero-order valence-electron chi connectivity index (χ0n) is 18.1. The third kappa shape index (κ3) is 5.75. The predicted molar refractivity (Wildman–Crippen MR) is 117 cm³/mol. The quantitative estimate of drug-likeness (QED) is 0.688. The maximum absolute atomic E-state index is 12.6. The van der Waals surface area contributed by atoms with Crippen molar-refractivity contribution in [1.29, 1.82) is 0 Å². The van der Waals surface area contributed by atoms with E-state index < -0.39 is 0 Å². The monoisotopic (exact) mass is 413 g/mol. The summed E-state index contributed by atoms with van der Waals surface area (Å²) in [5, 5.41) is 6.59. The Balaban J connectivity index is 1.49. The van der Waals surface area contributed by atoms with Crippen LogP contribution in [0.4, 0.5) is 11.8 Å². The Morgan fingerprint density at radius 3 is 2.50 bits per heavy atom. The van der Waals surface area contributed by atoms with Gasteiger partial charge >= 0.3 is 0 Å². The molecule has 3 rings (SSSR count). The van der Waals surface area contributed by atoms with Gasteiger partial charge in [0.25, 0.3) is 0 Å². The molecule has 0 saturated heterocycles. The Labute approximate surface area is 178 Å². The number of rotatable bonds is 8. The summed E-state index contributed by atoms with van der Waals surface area (Å²) in [5.74, 6) is 2.93. The maximum atomic E-state index is 12.6. The van der Waals surface area contributed by atoms with Gasteiger partial charge in [-0.25, -0.2) is 4.98 Å². The third-order valence-corrected chi connectivity index (χ3v) is 5.36. The summed E-state index contributed by atoms with van der Waals surface area (Å²) >= 11 is 0. The van der Waals surface area contributed by atoms with Crippen molar-refractivity contribution in [3.8, 4) is 11.5 Å². The fraction of sp³-hybridized carbons (Fsp3) is 0.500. The molecule has 1 aliphatic rings. The van der Waals surface area contributed by atoms with Gasteiger partial charge in [-0.3, -0.25) is 4.79 Å². The van der Waals surface area contributed by atoms with E-state index >= 15 is 0 Å². The smallest absolute Gasteiger partial charge is 0.224 e. The summed E-state index contributed by atoms with van der Waals surface area (Å²) in [6.45, 7) is 0. The van der Waals surface area contributed by atoms with Crippen molar-refractivity contribution in [2.75, 3.05) is 38.5 Å². The molecule has 1 aromatic carbocycles. The van der Waals surface area contributed by atoms with Crippen LogP contribution in [-0.2, 0) is 11.2 Å². The van der Waals surface area contributed by atoms with Gasteiger partial charge < -0.3 is 25.0 Å². The average Bonchev–Trinajstić information content (AvgIpc) is 2.75. The van der Waals surface area contributed by atoms with E-state index in [4.69, 9.17) is 9.47 Å². The van der Waals surface area contributed by atoms with Gasteiger partial charge in [-0.05, 0) is 49.9 Å². The number of anilines is 2. The molecule has 1 aromatic heterocycles. The Hall–Kier alpha value is -3.03. The molecule has 1 saturated carbocycles. The van der Waals surface area contributed by atoms with Crippen molar-refractivity contribution >= 4 is 17.7 Å². The molecule has 0 unspecified atom stereocenters. The Kier molecular flexibility index (Phi) is 7.32. The lowest BCUT2D eigenvalue weighted by atomic mass is 9.91. The molecule has 162 valence electrons. The molecule has 0 aliphatic heterocycles. The van der Waals surface area contributed by atoms with Crippen LogP contribution in [0.25, 0.3) is 0 Å². The third-order valence-electron chi connectivity index (χ3n) is 5.36. The second kappa shape index (κ2) is 10.1. The van der Waals surface area contributed by atoms with Crippen molar-refractivity contribution in [2.24, 2.45) is 0 Å². The molecule has 30 heavy (non-hydrogen) atoms.